The van der Waals surface area contributed by atoms with E-state index in [0.29, 0.717) is 11.6 Å². The van der Waals surface area contributed by atoms with E-state index in [2.05, 4.69) is 10.3 Å². The highest BCUT2D eigenvalue weighted by Crippen LogP contribution is 2.26. The highest BCUT2D eigenvalue weighted by Gasteiger charge is 2.39. The Morgan fingerprint density at radius 1 is 1.08 bits per heavy atom. The molecule has 0 bridgehead atoms. The molecule has 24 heavy (non-hydrogen) atoms. The number of imide groups is 1. The van der Waals surface area contributed by atoms with E-state index in [-0.39, 0.29) is 18.2 Å². The molecule has 0 unspecified atom stereocenters. The summed E-state index contributed by atoms with van der Waals surface area (Å²) >= 11 is 0. The first-order valence-electron chi connectivity index (χ1n) is 7.40. The number of hydrogen-bond donors (Lipinski definition) is 1. The van der Waals surface area contributed by atoms with Gasteiger partial charge in [0, 0.05) is 11.8 Å². The van der Waals surface area contributed by atoms with Gasteiger partial charge in [-0.1, -0.05) is 0 Å². The van der Waals surface area contributed by atoms with Crippen molar-refractivity contribution in [1.82, 2.24) is 4.98 Å². The van der Waals surface area contributed by atoms with Gasteiger partial charge in [-0.05, 0) is 30.3 Å². The monoisotopic (exact) mass is 327 g/mol. The largest absolute Gasteiger partial charge is 0.497 e. The predicted molar refractivity (Wildman–Crippen MR) is 88.3 cm³/mol. The van der Waals surface area contributed by atoms with E-state index in [1.807, 2.05) is 0 Å². The summed E-state index contributed by atoms with van der Waals surface area (Å²) in [7, 11) is 3.09. The molecule has 2 heterocycles. The first-order valence-corrected chi connectivity index (χ1v) is 7.40. The van der Waals surface area contributed by atoms with Gasteiger partial charge < -0.3 is 14.8 Å². The van der Waals surface area contributed by atoms with E-state index >= 15 is 0 Å². The molecule has 0 spiro atoms. The average molecular weight is 327 g/mol. The summed E-state index contributed by atoms with van der Waals surface area (Å²) in [5.41, 5.74) is 1.18. The number of anilines is 2. The number of carbonyl (C=O) groups excluding carboxylic acids is 2. The summed E-state index contributed by atoms with van der Waals surface area (Å²) in [5, 5.41) is 3.08. The molecule has 0 radical (unpaired) electrons. The lowest BCUT2D eigenvalue weighted by molar-refractivity contribution is -0.121. The number of ether oxygens (including phenoxy) is 2. The van der Waals surface area contributed by atoms with Crippen molar-refractivity contribution in [2.24, 2.45) is 0 Å². The second-order valence-electron chi connectivity index (χ2n) is 5.26. The highest BCUT2D eigenvalue weighted by atomic mass is 16.5. The highest BCUT2D eigenvalue weighted by molar-refractivity contribution is 6.23. The minimum atomic E-state index is -0.604. The molecule has 0 aliphatic carbocycles. The zero-order chi connectivity index (χ0) is 17.1. The molecule has 7 heteroatoms. The van der Waals surface area contributed by atoms with E-state index in [4.69, 9.17) is 9.47 Å². The molecule has 1 aliphatic heterocycles. The molecular weight excluding hydrogens is 310 g/mol. The van der Waals surface area contributed by atoms with Crippen molar-refractivity contribution in [3.8, 4) is 11.6 Å². The maximum atomic E-state index is 12.6. The standard InChI is InChI=1S/C17H17N3O4/c1-23-13-6-3-11(4-7-13)19-14-9-16(21)20(17(14)22)12-5-8-15(24-2)18-10-12/h3-8,10,14,19H,9H2,1-2H3/t14-/m1/s1. The number of rotatable bonds is 5. The Bertz CT molecular complexity index is 743. The van der Waals surface area contributed by atoms with E-state index in [9.17, 15) is 9.59 Å². The van der Waals surface area contributed by atoms with Crippen molar-refractivity contribution in [2.45, 2.75) is 12.5 Å². The summed E-state index contributed by atoms with van der Waals surface area (Å²) in [6, 6.07) is 9.82. The Balaban J connectivity index is 1.75. The third-order valence-electron chi connectivity index (χ3n) is 3.77. The van der Waals surface area contributed by atoms with Crippen LogP contribution in [-0.2, 0) is 9.59 Å². The number of pyridine rings is 1. The number of methoxy groups -OCH3 is 2. The first-order chi connectivity index (χ1) is 11.6. The SMILES string of the molecule is COc1ccc(N[C@@H]2CC(=O)N(c3ccc(OC)nc3)C2=O)cc1. The Morgan fingerprint density at radius 3 is 2.42 bits per heavy atom. The van der Waals surface area contributed by atoms with E-state index in [1.165, 1.54) is 13.3 Å². The molecule has 3 rings (SSSR count). The summed E-state index contributed by atoms with van der Waals surface area (Å²) in [6.45, 7) is 0. The average Bonchev–Trinajstić information content (AvgIpc) is 2.89. The van der Waals surface area contributed by atoms with E-state index in [1.54, 1.807) is 43.5 Å². The number of hydrogen-bond acceptors (Lipinski definition) is 6. The van der Waals surface area contributed by atoms with Crippen LogP contribution in [0.25, 0.3) is 0 Å². The molecule has 2 amide bonds. The van der Waals surface area contributed by atoms with Gasteiger partial charge in [0.25, 0.3) is 5.91 Å². The lowest BCUT2D eigenvalue weighted by Crippen LogP contribution is -2.34. The van der Waals surface area contributed by atoms with Gasteiger partial charge in [0.2, 0.25) is 11.8 Å². The molecule has 1 saturated heterocycles. The van der Waals surface area contributed by atoms with Gasteiger partial charge >= 0.3 is 0 Å². The quantitative estimate of drug-likeness (QED) is 0.844. The number of aromatic nitrogens is 1. The van der Waals surface area contributed by atoms with Gasteiger partial charge in [-0.3, -0.25) is 9.59 Å². The molecule has 1 aromatic heterocycles. The van der Waals surface area contributed by atoms with Crippen LogP contribution in [0.15, 0.2) is 42.6 Å². The summed E-state index contributed by atoms with van der Waals surface area (Å²) in [6.07, 6.45) is 1.54. The molecular formula is C17H17N3O4. The molecule has 1 aliphatic rings. The minimum Gasteiger partial charge on any atom is -0.497 e. The molecule has 7 nitrogen and oxygen atoms in total. The Labute approximate surface area is 139 Å². The number of nitrogens with zero attached hydrogens (tertiary/aromatic N) is 2. The van der Waals surface area contributed by atoms with Gasteiger partial charge in [0.15, 0.2) is 0 Å². The van der Waals surface area contributed by atoms with Crippen molar-refractivity contribution in [3.05, 3.63) is 42.6 Å². The van der Waals surface area contributed by atoms with Gasteiger partial charge in [0.05, 0.1) is 32.5 Å². The van der Waals surface area contributed by atoms with Gasteiger partial charge in [-0.2, -0.15) is 0 Å². The van der Waals surface area contributed by atoms with Crippen molar-refractivity contribution in [3.63, 3.8) is 0 Å². The van der Waals surface area contributed by atoms with E-state index < -0.39 is 6.04 Å². The van der Waals surface area contributed by atoms with Crippen LogP contribution in [-0.4, -0.2) is 37.1 Å². The Morgan fingerprint density at radius 2 is 1.83 bits per heavy atom. The Kier molecular flexibility index (Phi) is 4.33. The molecule has 0 saturated carbocycles. The molecule has 2 aromatic rings. The minimum absolute atomic E-state index is 0.0941. The van der Waals surface area contributed by atoms with Crippen LogP contribution in [0.1, 0.15) is 6.42 Å². The first kappa shape index (κ1) is 15.8. The van der Waals surface area contributed by atoms with Crippen molar-refractivity contribution in [1.29, 1.82) is 0 Å². The van der Waals surface area contributed by atoms with Crippen molar-refractivity contribution in [2.75, 3.05) is 24.4 Å². The zero-order valence-electron chi connectivity index (χ0n) is 13.4. The van der Waals surface area contributed by atoms with Gasteiger partial charge in [-0.25, -0.2) is 9.88 Å². The fourth-order valence-electron chi connectivity index (χ4n) is 2.53. The lowest BCUT2D eigenvalue weighted by Gasteiger charge is -2.16. The van der Waals surface area contributed by atoms with Gasteiger partial charge in [-0.15, -0.1) is 0 Å². The number of carbonyl (C=O) groups is 2. The number of benzene rings is 1. The Hall–Kier alpha value is -3.09. The summed E-state index contributed by atoms with van der Waals surface area (Å²) in [4.78, 5) is 30.0. The third-order valence-corrected chi connectivity index (χ3v) is 3.77. The fourth-order valence-corrected chi connectivity index (χ4v) is 2.53. The number of nitrogens with one attached hydrogen (secondary N) is 1. The zero-order valence-corrected chi connectivity index (χ0v) is 13.4. The maximum Gasteiger partial charge on any atom is 0.256 e. The fraction of sp³-hybridized carbons (Fsp3) is 0.235. The lowest BCUT2D eigenvalue weighted by atomic mass is 10.2. The van der Waals surface area contributed by atoms with Gasteiger partial charge in [0.1, 0.15) is 11.8 Å². The van der Waals surface area contributed by atoms with Crippen LogP contribution in [0.3, 0.4) is 0 Å². The maximum absolute atomic E-state index is 12.6. The van der Waals surface area contributed by atoms with Crippen molar-refractivity contribution >= 4 is 23.2 Å². The van der Waals surface area contributed by atoms with Crippen LogP contribution in [0.4, 0.5) is 11.4 Å². The summed E-state index contributed by atoms with van der Waals surface area (Å²) in [5.74, 6) is 0.576. The van der Waals surface area contributed by atoms with E-state index in [0.717, 1.165) is 16.3 Å². The molecule has 1 fully saturated rings. The van der Waals surface area contributed by atoms with Crippen LogP contribution in [0.5, 0.6) is 11.6 Å². The van der Waals surface area contributed by atoms with Crippen molar-refractivity contribution < 1.29 is 19.1 Å². The molecule has 1 N–H and O–H groups in total. The van der Waals surface area contributed by atoms with Crippen LogP contribution >= 0.6 is 0 Å². The van der Waals surface area contributed by atoms with Crippen LogP contribution in [0, 0.1) is 0 Å². The second kappa shape index (κ2) is 6.57. The summed E-state index contributed by atoms with van der Waals surface area (Å²) < 4.78 is 10.1. The molecule has 124 valence electrons. The van der Waals surface area contributed by atoms with Crippen LogP contribution in [0.2, 0.25) is 0 Å². The second-order valence-corrected chi connectivity index (χ2v) is 5.26. The normalized spacial score (nSPS) is 17.1. The molecule has 1 atom stereocenters. The third kappa shape index (κ3) is 3.01. The predicted octanol–water partition coefficient (Wildman–Crippen LogP) is 1.84. The smallest absolute Gasteiger partial charge is 0.256 e. The van der Waals surface area contributed by atoms with Crippen LogP contribution < -0.4 is 19.7 Å². The number of amides is 2. The topological polar surface area (TPSA) is 80.8 Å². The molecule has 1 aromatic carbocycles.